The summed E-state index contributed by atoms with van der Waals surface area (Å²) in [5, 5.41) is 0.286. The molecule has 92 valence electrons. The predicted octanol–water partition coefficient (Wildman–Crippen LogP) is 3.15. The van der Waals surface area contributed by atoms with Crippen molar-refractivity contribution >= 4 is 10.8 Å². The Hall–Kier alpha value is -0.310. The molecule has 1 aliphatic heterocycles. The third kappa shape index (κ3) is 3.62. The highest BCUT2D eigenvalue weighted by Crippen LogP contribution is 2.23. The summed E-state index contributed by atoms with van der Waals surface area (Å²) in [6.07, 6.45) is 11.8. The minimum atomic E-state index is -0.639. The van der Waals surface area contributed by atoms with Gasteiger partial charge in [0.05, 0.1) is 11.5 Å². The molecule has 1 saturated heterocycles. The Morgan fingerprint density at radius 3 is 2.75 bits per heavy atom. The fourth-order valence-electron chi connectivity index (χ4n) is 2.47. The van der Waals surface area contributed by atoms with Crippen molar-refractivity contribution in [1.29, 1.82) is 0 Å². The van der Waals surface area contributed by atoms with Gasteiger partial charge in [-0.25, -0.2) is 0 Å². The van der Waals surface area contributed by atoms with Crippen molar-refractivity contribution in [1.82, 2.24) is 0 Å². The zero-order valence-electron chi connectivity index (χ0n) is 9.95. The molecular formula is C13H22O2S. The molecule has 2 fully saturated rings. The molecule has 1 saturated carbocycles. The van der Waals surface area contributed by atoms with Crippen LogP contribution in [0.5, 0.6) is 0 Å². The normalized spacial score (nSPS) is 31.1. The Kier molecular flexibility index (Phi) is 4.89. The van der Waals surface area contributed by atoms with E-state index in [0.717, 1.165) is 18.6 Å². The summed E-state index contributed by atoms with van der Waals surface area (Å²) in [5.74, 6) is 0.880. The maximum atomic E-state index is 11.7. The van der Waals surface area contributed by atoms with E-state index < -0.39 is 10.8 Å². The van der Waals surface area contributed by atoms with Crippen molar-refractivity contribution in [2.45, 2.75) is 56.6 Å². The quantitative estimate of drug-likeness (QED) is 0.711. The van der Waals surface area contributed by atoms with Crippen LogP contribution in [0.1, 0.15) is 51.4 Å². The third-order valence-electron chi connectivity index (χ3n) is 3.52. The van der Waals surface area contributed by atoms with Crippen LogP contribution in [0.3, 0.4) is 0 Å². The highest BCUT2D eigenvalue weighted by Gasteiger charge is 2.20. The standard InChI is InChI=1S/C13H22O2S/c14-16-9-5-4-8-13(16)11-15-10-12-6-2-1-3-7-12/h10,13H,1-9,11H2. The highest BCUT2D eigenvalue weighted by atomic mass is 32.2. The van der Waals surface area contributed by atoms with Crippen LogP contribution >= 0.6 is 0 Å². The van der Waals surface area contributed by atoms with E-state index in [-0.39, 0.29) is 5.25 Å². The Labute approximate surface area is 101 Å². The molecule has 0 amide bonds. The van der Waals surface area contributed by atoms with Crippen LogP contribution in [0.4, 0.5) is 0 Å². The van der Waals surface area contributed by atoms with Gasteiger partial charge in [0, 0.05) is 16.6 Å². The van der Waals surface area contributed by atoms with Gasteiger partial charge in [-0.15, -0.1) is 0 Å². The number of allylic oxidation sites excluding steroid dienone is 1. The van der Waals surface area contributed by atoms with Crippen LogP contribution in [0.25, 0.3) is 0 Å². The van der Waals surface area contributed by atoms with Gasteiger partial charge in [-0.2, -0.15) is 0 Å². The lowest BCUT2D eigenvalue weighted by Crippen LogP contribution is -2.26. The summed E-state index contributed by atoms with van der Waals surface area (Å²) in [5.41, 5.74) is 1.45. The van der Waals surface area contributed by atoms with Gasteiger partial charge in [-0.1, -0.05) is 12.8 Å². The van der Waals surface area contributed by atoms with Gasteiger partial charge in [-0.3, -0.25) is 4.21 Å². The van der Waals surface area contributed by atoms with Gasteiger partial charge in [-0.05, 0) is 44.1 Å². The monoisotopic (exact) mass is 242 g/mol. The van der Waals surface area contributed by atoms with E-state index in [4.69, 9.17) is 4.74 Å². The second-order valence-electron chi connectivity index (χ2n) is 4.87. The first-order valence-electron chi connectivity index (χ1n) is 6.53. The van der Waals surface area contributed by atoms with Crippen LogP contribution < -0.4 is 0 Å². The molecule has 2 aliphatic rings. The van der Waals surface area contributed by atoms with E-state index >= 15 is 0 Å². The lowest BCUT2D eigenvalue weighted by molar-refractivity contribution is 0.237. The molecule has 0 spiro atoms. The van der Waals surface area contributed by atoms with Crippen LogP contribution in [-0.2, 0) is 15.5 Å². The Balaban J connectivity index is 1.71. The minimum absolute atomic E-state index is 0.286. The highest BCUT2D eigenvalue weighted by molar-refractivity contribution is 7.85. The molecular weight excluding hydrogens is 220 g/mol. The first-order valence-corrected chi connectivity index (χ1v) is 7.91. The summed E-state index contributed by atoms with van der Waals surface area (Å²) in [7, 11) is -0.639. The van der Waals surface area contributed by atoms with Crippen LogP contribution in [0, 0.1) is 0 Å². The van der Waals surface area contributed by atoms with Crippen LogP contribution in [0.15, 0.2) is 11.8 Å². The van der Waals surface area contributed by atoms with E-state index in [9.17, 15) is 4.21 Å². The molecule has 0 N–H and O–H groups in total. The first kappa shape index (κ1) is 12.2. The van der Waals surface area contributed by atoms with E-state index in [1.165, 1.54) is 44.1 Å². The van der Waals surface area contributed by atoms with E-state index in [0.29, 0.717) is 6.61 Å². The number of ether oxygens (including phenoxy) is 1. The summed E-state index contributed by atoms with van der Waals surface area (Å²) in [6, 6.07) is 0. The van der Waals surface area contributed by atoms with Crippen molar-refractivity contribution in [2.24, 2.45) is 0 Å². The maximum Gasteiger partial charge on any atom is 0.102 e. The topological polar surface area (TPSA) is 26.3 Å². The molecule has 0 aromatic heterocycles. The van der Waals surface area contributed by atoms with Gasteiger partial charge in [0.15, 0.2) is 0 Å². The second kappa shape index (κ2) is 6.43. The van der Waals surface area contributed by atoms with Gasteiger partial charge in [0.25, 0.3) is 0 Å². The largest absolute Gasteiger partial charge is 0.500 e. The smallest absolute Gasteiger partial charge is 0.102 e. The zero-order valence-corrected chi connectivity index (χ0v) is 10.8. The average molecular weight is 242 g/mol. The van der Waals surface area contributed by atoms with Gasteiger partial charge >= 0.3 is 0 Å². The Morgan fingerprint density at radius 2 is 2.00 bits per heavy atom. The summed E-state index contributed by atoms with van der Waals surface area (Å²) < 4.78 is 17.3. The van der Waals surface area contributed by atoms with Gasteiger partial charge in [0.2, 0.25) is 0 Å². The molecule has 0 aromatic rings. The SMILES string of the molecule is O=S1CCCCC1COC=C1CCCCC1. The van der Waals surface area contributed by atoms with Crippen molar-refractivity contribution in [3.63, 3.8) is 0 Å². The lowest BCUT2D eigenvalue weighted by Gasteiger charge is -2.21. The summed E-state index contributed by atoms with van der Waals surface area (Å²) in [4.78, 5) is 0. The maximum absolute atomic E-state index is 11.7. The van der Waals surface area contributed by atoms with Crippen molar-refractivity contribution in [3.05, 3.63) is 11.8 Å². The third-order valence-corrected chi connectivity index (χ3v) is 5.33. The van der Waals surface area contributed by atoms with Crippen LogP contribution in [-0.4, -0.2) is 21.8 Å². The molecule has 3 heteroatoms. The van der Waals surface area contributed by atoms with Crippen molar-refractivity contribution in [3.8, 4) is 0 Å². The number of rotatable bonds is 3. The molecule has 16 heavy (non-hydrogen) atoms. The number of hydrogen-bond acceptors (Lipinski definition) is 2. The molecule has 2 rings (SSSR count). The van der Waals surface area contributed by atoms with E-state index in [2.05, 4.69) is 0 Å². The first-order chi connectivity index (χ1) is 7.86. The molecule has 0 bridgehead atoms. The van der Waals surface area contributed by atoms with Gasteiger partial charge < -0.3 is 4.74 Å². The van der Waals surface area contributed by atoms with Gasteiger partial charge in [0.1, 0.15) is 6.61 Å². The minimum Gasteiger partial charge on any atom is -0.500 e. The molecule has 2 atom stereocenters. The number of hydrogen-bond donors (Lipinski definition) is 0. The molecule has 1 aliphatic carbocycles. The summed E-state index contributed by atoms with van der Waals surface area (Å²) in [6.45, 7) is 0.663. The zero-order chi connectivity index (χ0) is 11.2. The van der Waals surface area contributed by atoms with Crippen molar-refractivity contribution < 1.29 is 8.95 Å². The second-order valence-corrected chi connectivity index (χ2v) is 6.71. The predicted molar refractivity (Wildman–Crippen MR) is 67.8 cm³/mol. The van der Waals surface area contributed by atoms with Crippen LogP contribution in [0.2, 0.25) is 0 Å². The van der Waals surface area contributed by atoms with Crippen molar-refractivity contribution in [2.75, 3.05) is 12.4 Å². The Bertz CT molecular complexity index is 265. The molecule has 0 radical (unpaired) electrons. The average Bonchev–Trinajstić information content (AvgIpc) is 2.33. The molecule has 1 heterocycles. The lowest BCUT2D eigenvalue weighted by atomic mass is 9.96. The Morgan fingerprint density at radius 1 is 1.19 bits per heavy atom. The fraction of sp³-hybridized carbons (Fsp3) is 0.846. The van der Waals surface area contributed by atoms with E-state index in [1.807, 2.05) is 6.26 Å². The summed E-state index contributed by atoms with van der Waals surface area (Å²) >= 11 is 0. The molecule has 2 nitrogen and oxygen atoms in total. The molecule has 2 unspecified atom stereocenters. The molecule has 0 aromatic carbocycles. The van der Waals surface area contributed by atoms with E-state index in [1.54, 1.807) is 0 Å². The fourth-order valence-corrected chi connectivity index (χ4v) is 3.95.